The number of halogens is 1. The van der Waals surface area contributed by atoms with Crippen LogP contribution in [0.5, 0.6) is 0 Å². The average Bonchev–Trinajstić information content (AvgIpc) is 2.27. The van der Waals surface area contributed by atoms with Crippen LogP contribution >= 0.6 is 0 Å². The van der Waals surface area contributed by atoms with E-state index in [1.807, 2.05) is 6.07 Å². The highest BCUT2D eigenvalue weighted by Gasteiger charge is 2.17. The smallest absolute Gasteiger partial charge is 0.123 e. The molecule has 1 aromatic rings. The molecule has 1 aromatic carbocycles. The van der Waals surface area contributed by atoms with Crippen LogP contribution in [0.2, 0.25) is 0 Å². The van der Waals surface area contributed by atoms with Crippen molar-refractivity contribution >= 4 is 0 Å². The SMILES string of the molecule is CC(NC(CN(C)C)C(C)C)c1cccc(F)c1. The highest BCUT2D eigenvalue weighted by Crippen LogP contribution is 2.16. The Kier molecular flexibility index (Phi) is 5.76. The Balaban J connectivity index is 2.69. The minimum absolute atomic E-state index is 0.160. The Morgan fingerprint density at radius 3 is 2.39 bits per heavy atom. The lowest BCUT2D eigenvalue weighted by atomic mass is 10.0. The Morgan fingerprint density at radius 2 is 1.89 bits per heavy atom. The van der Waals surface area contributed by atoms with Gasteiger partial charge in [-0.1, -0.05) is 26.0 Å². The normalized spacial score (nSPS) is 15.1. The van der Waals surface area contributed by atoms with Crippen LogP contribution < -0.4 is 5.32 Å². The van der Waals surface area contributed by atoms with Gasteiger partial charge in [0.1, 0.15) is 5.82 Å². The van der Waals surface area contributed by atoms with Crippen molar-refractivity contribution in [3.8, 4) is 0 Å². The summed E-state index contributed by atoms with van der Waals surface area (Å²) in [7, 11) is 4.15. The van der Waals surface area contributed by atoms with E-state index in [-0.39, 0.29) is 11.9 Å². The van der Waals surface area contributed by atoms with E-state index < -0.39 is 0 Å². The second-order valence-electron chi connectivity index (χ2n) is 5.56. The molecule has 2 unspecified atom stereocenters. The number of nitrogens with zero attached hydrogens (tertiary/aromatic N) is 1. The van der Waals surface area contributed by atoms with Gasteiger partial charge in [-0.25, -0.2) is 4.39 Å². The van der Waals surface area contributed by atoms with E-state index in [4.69, 9.17) is 0 Å². The maximum Gasteiger partial charge on any atom is 0.123 e. The van der Waals surface area contributed by atoms with Crippen molar-refractivity contribution in [3.05, 3.63) is 35.6 Å². The molecule has 102 valence electrons. The van der Waals surface area contributed by atoms with Crippen LogP contribution in [0, 0.1) is 11.7 Å². The molecular weight excluding hydrogens is 227 g/mol. The molecule has 0 bridgehead atoms. The van der Waals surface area contributed by atoms with Gasteiger partial charge < -0.3 is 10.2 Å². The summed E-state index contributed by atoms with van der Waals surface area (Å²) in [5, 5.41) is 3.58. The molecule has 0 aliphatic heterocycles. The summed E-state index contributed by atoms with van der Waals surface area (Å²) in [5.74, 6) is 0.373. The molecule has 3 heteroatoms. The van der Waals surface area contributed by atoms with Crippen molar-refractivity contribution in [1.29, 1.82) is 0 Å². The van der Waals surface area contributed by atoms with E-state index in [2.05, 4.69) is 45.1 Å². The Labute approximate surface area is 110 Å². The van der Waals surface area contributed by atoms with Gasteiger partial charge in [0.2, 0.25) is 0 Å². The van der Waals surface area contributed by atoms with Crippen molar-refractivity contribution in [1.82, 2.24) is 10.2 Å². The van der Waals surface area contributed by atoms with Gasteiger partial charge in [0.15, 0.2) is 0 Å². The number of benzene rings is 1. The van der Waals surface area contributed by atoms with Crippen molar-refractivity contribution in [2.45, 2.75) is 32.9 Å². The number of hydrogen-bond acceptors (Lipinski definition) is 2. The quantitative estimate of drug-likeness (QED) is 0.837. The Hall–Kier alpha value is -0.930. The first-order valence-corrected chi connectivity index (χ1v) is 6.56. The van der Waals surface area contributed by atoms with Gasteiger partial charge in [-0.2, -0.15) is 0 Å². The van der Waals surface area contributed by atoms with Crippen molar-refractivity contribution in [2.24, 2.45) is 5.92 Å². The minimum atomic E-state index is -0.171. The second-order valence-corrected chi connectivity index (χ2v) is 5.56. The maximum atomic E-state index is 13.2. The largest absolute Gasteiger partial charge is 0.308 e. The molecule has 0 aromatic heterocycles. The zero-order valence-corrected chi connectivity index (χ0v) is 12.1. The maximum absolute atomic E-state index is 13.2. The van der Waals surface area contributed by atoms with Gasteiger partial charge in [-0.3, -0.25) is 0 Å². The predicted octanol–water partition coefficient (Wildman–Crippen LogP) is 3.06. The van der Waals surface area contributed by atoms with E-state index in [1.54, 1.807) is 12.1 Å². The molecule has 1 rings (SSSR count). The van der Waals surface area contributed by atoms with E-state index in [9.17, 15) is 4.39 Å². The first kappa shape index (κ1) is 15.1. The number of rotatable bonds is 6. The lowest BCUT2D eigenvalue weighted by Gasteiger charge is -2.29. The molecule has 2 nitrogen and oxygen atoms in total. The zero-order chi connectivity index (χ0) is 13.7. The molecule has 0 radical (unpaired) electrons. The van der Waals surface area contributed by atoms with Crippen LogP contribution in [0.15, 0.2) is 24.3 Å². The highest BCUT2D eigenvalue weighted by atomic mass is 19.1. The lowest BCUT2D eigenvalue weighted by molar-refractivity contribution is 0.273. The Bertz CT molecular complexity index is 363. The van der Waals surface area contributed by atoms with E-state index in [1.165, 1.54) is 6.07 Å². The first-order valence-electron chi connectivity index (χ1n) is 6.56. The van der Waals surface area contributed by atoms with Crippen LogP contribution in [0.4, 0.5) is 4.39 Å². The molecule has 0 aliphatic carbocycles. The predicted molar refractivity (Wildman–Crippen MR) is 75.1 cm³/mol. The third kappa shape index (κ3) is 4.75. The monoisotopic (exact) mass is 252 g/mol. The fourth-order valence-electron chi connectivity index (χ4n) is 2.04. The average molecular weight is 252 g/mol. The van der Waals surface area contributed by atoms with Crippen molar-refractivity contribution < 1.29 is 4.39 Å². The molecule has 0 amide bonds. The molecule has 0 saturated heterocycles. The van der Waals surface area contributed by atoms with Gasteiger partial charge in [0.05, 0.1) is 0 Å². The fourth-order valence-corrected chi connectivity index (χ4v) is 2.04. The van der Waals surface area contributed by atoms with Crippen molar-refractivity contribution in [2.75, 3.05) is 20.6 Å². The van der Waals surface area contributed by atoms with E-state index >= 15 is 0 Å². The summed E-state index contributed by atoms with van der Waals surface area (Å²) in [6, 6.07) is 7.37. The van der Waals surface area contributed by atoms with Crippen LogP contribution in [0.25, 0.3) is 0 Å². The molecular formula is C15H25FN2. The van der Waals surface area contributed by atoms with E-state index in [0.717, 1.165) is 12.1 Å². The molecule has 0 fully saturated rings. The summed E-state index contributed by atoms with van der Waals surface area (Å²) < 4.78 is 13.2. The summed E-state index contributed by atoms with van der Waals surface area (Å²) in [4.78, 5) is 2.18. The highest BCUT2D eigenvalue weighted by molar-refractivity contribution is 5.19. The minimum Gasteiger partial charge on any atom is -0.308 e. The van der Waals surface area contributed by atoms with Crippen LogP contribution in [0.3, 0.4) is 0 Å². The third-order valence-corrected chi connectivity index (χ3v) is 3.18. The van der Waals surface area contributed by atoms with Crippen LogP contribution in [0.1, 0.15) is 32.4 Å². The molecule has 0 saturated carbocycles. The second kappa shape index (κ2) is 6.86. The third-order valence-electron chi connectivity index (χ3n) is 3.18. The lowest BCUT2D eigenvalue weighted by Crippen LogP contribution is -2.43. The molecule has 2 atom stereocenters. The van der Waals surface area contributed by atoms with Gasteiger partial charge >= 0.3 is 0 Å². The first-order chi connectivity index (χ1) is 8.40. The summed E-state index contributed by atoms with van der Waals surface area (Å²) in [5.41, 5.74) is 0.999. The molecule has 1 N–H and O–H groups in total. The summed E-state index contributed by atoms with van der Waals surface area (Å²) in [6.45, 7) is 7.48. The topological polar surface area (TPSA) is 15.3 Å². The number of hydrogen-bond donors (Lipinski definition) is 1. The standard InChI is InChI=1S/C15H25FN2/c1-11(2)15(10-18(4)5)17-12(3)13-7-6-8-14(16)9-13/h6-9,11-12,15,17H,10H2,1-5H3. The van der Waals surface area contributed by atoms with Crippen LogP contribution in [-0.4, -0.2) is 31.6 Å². The summed E-state index contributed by atoms with van der Waals surface area (Å²) >= 11 is 0. The molecule has 18 heavy (non-hydrogen) atoms. The number of nitrogens with one attached hydrogen (secondary N) is 1. The van der Waals surface area contributed by atoms with Gasteiger partial charge in [0, 0.05) is 18.6 Å². The van der Waals surface area contributed by atoms with E-state index in [0.29, 0.717) is 12.0 Å². The van der Waals surface area contributed by atoms with Crippen LogP contribution in [-0.2, 0) is 0 Å². The molecule has 0 aliphatic rings. The number of likely N-dealkylation sites (N-methyl/N-ethyl adjacent to an activating group) is 1. The van der Waals surface area contributed by atoms with Gasteiger partial charge in [0.25, 0.3) is 0 Å². The van der Waals surface area contributed by atoms with Gasteiger partial charge in [-0.05, 0) is 44.6 Å². The fraction of sp³-hybridized carbons (Fsp3) is 0.600. The zero-order valence-electron chi connectivity index (χ0n) is 12.1. The molecule has 0 heterocycles. The van der Waals surface area contributed by atoms with Gasteiger partial charge in [-0.15, -0.1) is 0 Å². The van der Waals surface area contributed by atoms with Crippen molar-refractivity contribution in [3.63, 3.8) is 0 Å². The molecule has 0 spiro atoms. The Morgan fingerprint density at radius 1 is 1.22 bits per heavy atom. The summed E-state index contributed by atoms with van der Waals surface area (Å²) in [6.07, 6.45) is 0.